The summed E-state index contributed by atoms with van der Waals surface area (Å²) < 4.78 is 42.5. The number of hydrogen-bond acceptors (Lipinski definition) is 6. The molecule has 7 heteroatoms. The summed E-state index contributed by atoms with van der Waals surface area (Å²) in [5.74, 6) is 1.57. The Kier molecular flexibility index (Phi) is 8.67. The van der Waals surface area contributed by atoms with Crippen LogP contribution in [0.1, 0.15) is 18.9 Å². The SMILES string of the molecule is CCC(COP(=O)(Oc1ccccc1)Oc1ccccc1)(OC)c1ccc(-c2ccc(OC)cc2)cc1. The standard InChI is InChI=1S/C30H31O6P/c1-4-30(33-3,26-19-15-24(16-20-26)25-17-21-27(32-2)22-18-25)23-34-37(31,35-28-11-7-5-8-12-28)36-29-13-9-6-10-14-29/h5-22H,4,23H2,1-3H3. The van der Waals surface area contributed by atoms with Gasteiger partial charge in [0.15, 0.2) is 0 Å². The fourth-order valence-corrected chi connectivity index (χ4v) is 5.21. The average molecular weight is 519 g/mol. The van der Waals surface area contributed by atoms with E-state index in [1.54, 1.807) is 62.8 Å². The molecule has 0 amide bonds. The van der Waals surface area contributed by atoms with E-state index in [-0.39, 0.29) is 6.61 Å². The van der Waals surface area contributed by atoms with Gasteiger partial charge in [-0.2, -0.15) is 0 Å². The monoisotopic (exact) mass is 518 g/mol. The third kappa shape index (κ3) is 6.60. The summed E-state index contributed by atoms with van der Waals surface area (Å²) in [6, 6.07) is 33.6. The van der Waals surface area contributed by atoms with Crippen LogP contribution in [-0.4, -0.2) is 20.8 Å². The lowest BCUT2D eigenvalue weighted by atomic mass is 9.90. The van der Waals surface area contributed by atoms with Crippen molar-refractivity contribution in [3.8, 4) is 28.4 Å². The molecular formula is C30H31O6P. The van der Waals surface area contributed by atoms with Gasteiger partial charge in [0.05, 0.1) is 13.7 Å². The minimum absolute atomic E-state index is 0.0428. The van der Waals surface area contributed by atoms with E-state index in [4.69, 9.17) is 23.0 Å². The van der Waals surface area contributed by atoms with Gasteiger partial charge in [-0.15, -0.1) is 0 Å². The van der Waals surface area contributed by atoms with E-state index in [9.17, 15) is 4.57 Å². The van der Waals surface area contributed by atoms with Gasteiger partial charge in [-0.05, 0) is 59.5 Å². The highest BCUT2D eigenvalue weighted by molar-refractivity contribution is 7.49. The van der Waals surface area contributed by atoms with Crippen LogP contribution in [0.25, 0.3) is 11.1 Å². The first kappa shape index (κ1) is 26.5. The molecule has 0 saturated heterocycles. The molecule has 0 saturated carbocycles. The maximum Gasteiger partial charge on any atom is 0.587 e. The van der Waals surface area contributed by atoms with Crippen molar-refractivity contribution < 1.29 is 27.6 Å². The molecule has 0 fully saturated rings. The Bertz CT molecular complexity index is 1240. The Morgan fingerprint density at radius 2 is 1.14 bits per heavy atom. The fourth-order valence-electron chi connectivity index (χ4n) is 3.94. The van der Waals surface area contributed by atoms with Crippen LogP contribution in [0.5, 0.6) is 17.2 Å². The first-order valence-corrected chi connectivity index (χ1v) is 13.5. The Morgan fingerprint density at radius 1 is 0.649 bits per heavy atom. The predicted octanol–water partition coefficient (Wildman–Crippen LogP) is 7.90. The molecule has 0 radical (unpaired) electrons. The number of methoxy groups -OCH3 is 2. The number of para-hydroxylation sites is 2. The van der Waals surface area contributed by atoms with Crippen LogP contribution in [0, 0.1) is 0 Å². The largest absolute Gasteiger partial charge is 0.587 e. The maximum absolute atomic E-state index is 13.8. The summed E-state index contributed by atoms with van der Waals surface area (Å²) in [6.07, 6.45) is 0.571. The van der Waals surface area contributed by atoms with Gasteiger partial charge in [-0.3, -0.25) is 4.52 Å². The second-order valence-electron chi connectivity index (χ2n) is 8.39. The summed E-state index contributed by atoms with van der Waals surface area (Å²) in [4.78, 5) is 0. The average Bonchev–Trinajstić information content (AvgIpc) is 2.95. The molecule has 0 heterocycles. The fraction of sp³-hybridized carbons (Fsp3) is 0.200. The number of phosphoric acid groups is 1. The molecule has 0 aromatic heterocycles. The molecule has 37 heavy (non-hydrogen) atoms. The van der Waals surface area contributed by atoms with Crippen LogP contribution in [0.4, 0.5) is 0 Å². The van der Waals surface area contributed by atoms with Crippen molar-refractivity contribution in [3.05, 3.63) is 115 Å². The number of ether oxygens (including phenoxy) is 2. The molecule has 4 rings (SSSR count). The summed E-state index contributed by atoms with van der Waals surface area (Å²) in [6.45, 7) is 1.95. The Labute approximate surface area is 218 Å². The zero-order valence-corrected chi connectivity index (χ0v) is 22.1. The molecule has 6 nitrogen and oxygen atoms in total. The van der Waals surface area contributed by atoms with E-state index in [1.165, 1.54) is 0 Å². The van der Waals surface area contributed by atoms with Crippen molar-refractivity contribution in [1.82, 2.24) is 0 Å². The van der Waals surface area contributed by atoms with Crippen LogP contribution in [0.3, 0.4) is 0 Å². The van der Waals surface area contributed by atoms with Crippen molar-refractivity contribution in [1.29, 1.82) is 0 Å². The van der Waals surface area contributed by atoms with E-state index in [0.29, 0.717) is 17.9 Å². The number of rotatable bonds is 12. The number of benzene rings is 4. The van der Waals surface area contributed by atoms with Crippen LogP contribution in [0.2, 0.25) is 0 Å². The summed E-state index contributed by atoms with van der Waals surface area (Å²) in [7, 11) is -0.799. The van der Waals surface area contributed by atoms with Crippen LogP contribution >= 0.6 is 7.82 Å². The minimum atomic E-state index is -4.06. The third-order valence-electron chi connectivity index (χ3n) is 6.17. The lowest BCUT2D eigenvalue weighted by Gasteiger charge is -2.32. The topological polar surface area (TPSA) is 63.2 Å². The van der Waals surface area contributed by atoms with Gasteiger partial charge in [0.25, 0.3) is 0 Å². The van der Waals surface area contributed by atoms with Gasteiger partial charge in [-0.1, -0.05) is 79.7 Å². The van der Waals surface area contributed by atoms with Gasteiger partial charge < -0.3 is 18.5 Å². The smallest absolute Gasteiger partial charge is 0.497 e. The lowest BCUT2D eigenvalue weighted by molar-refractivity contribution is -0.0572. The lowest BCUT2D eigenvalue weighted by Crippen LogP contribution is -2.33. The van der Waals surface area contributed by atoms with E-state index in [2.05, 4.69) is 0 Å². The Morgan fingerprint density at radius 3 is 1.57 bits per heavy atom. The quantitative estimate of drug-likeness (QED) is 0.178. The molecule has 0 bridgehead atoms. The Balaban J connectivity index is 1.57. The normalized spacial score (nSPS) is 12.9. The van der Waals surface area contributed by atoms with Gasteiger partial charge in [0, 0.05) is 7.11 Å². The van der Waals surface area contributed by atoms with Gasteiger partial charge >= 0.3 is 7.82 Å². The summed E-state index contributed by atoms with van der Waals surface area (Å²) in [5, 5.41) is 0. The molecule has 0 N–H and O–H groups in total. The van der Waals surface area contributed by atoms with Crippen molar-refractivity contribution in [2.24, 2.45) is 0 Å². The Hall–Kier alpha value is -3.57. The zero-order valence-electron chi connectivity index (χ0n) is 21.2. The van der Waals surface area contributed by atoms with Crippen LogP contribution < -0.4 is 13.8 Å². The van der Waals surface area contributed by atoms with E-state index in [0.717, 1.165) is 22.4 Å². The van der Waals surface area contributed by atoms with Crippen LogP contribution in [-0.2, 0) is 19.4 Å². The summed E-state index contributed by atoms with van der Waals surface area (Å²) in [5.41, 5.74) is 2.15. The number of hydrogen-bond donors (Lipinski definition) is 0. The second kappa shape index (κ2) is 12.1. The molecule has 0 aliphatic heterocycles. The number of phosphoric ester groups is 1. The highest BCUT2D eigenvalue weighted by atomic mass is 31.2. The van der Waals surface area contributed by atoms with Gasteiger partial charge in [-0.25, -0.2) is 4.57 Å². The van der Waals surface area contributed by atoms with Crippen molar-refractivity contribution in [3.63, 3.8) is 0 Å². The maximum atomic E-state index is 13.8. The predicted molar refractivity (Wildman–Crippen MR) is 145 cm³/mol. The van der Waals surface area contributed by atoms with E-state index in [1.807, 2.05) is 67.6 Å². The molecule has 0 spiro atoms. The molecule has 0 aliphatic carbocycles. The highest BCUT2D eigenvalue weighted by Crippen LogP contribution is 2.51. The van der Waals surface area contributed by atoms with Crippen LogP contribution in [0.15, 0.2) is 109 Å². The molecule has 4 aromatic carbocycles. The van der Waals surface area contributed by atoms with Crippen molar-refractivity contribution >= 4 is 7.82 Å². The van der Waals surface area contributed by atoms with E-state index >= 15 is 0 Å². The molecule has 4 aromatic rings. The minimum Gasteiger partial charge on any atom is -0.497 e. The van der Waals surface area contributed by atoms with Gasteiger partial charge in [0.2, 0.25) is 0 Å². The molecule has 1 unspecified atom stereocenters. The highest BCUT2D eigenvalue weighted by Gasteiger charge is 2.38. The zero-order chi connectivity index (χ0) is 26.1. The molecular weight excluding hydrogens is 487 g/mol. The van der Waals surface area contributed by atoms with E-state index < -0.39 is 13.4 Å². The molecule has 192 valence electrons. The molecule has 0 aliphatic rings. The first-order chi connectivity index (χ1) is 18.0. The van der Waals surface area contributed by atoms with Gasteiger partial charge in [0.1, 0.15) is 22.8 Å². The van der Waals surface area contributed by atoms with Crippen molar-refractivity contribution in [2.45, 2.75) is 18.9 Å². The summed E-state index contributed by atoms with van der Waals surface area (Å²) >= 11 is 0. The second-order valence-corrected chi connectivity index (χ2v) is 9.90. The third-order valence-corrected chi connectivity index (χ3v) is 7.49. The van der Waals surface area contributed by atoms with Crippen molar-refractivity contribution in [2.75, 3.05) is 20.8 Å². The first-order valence-electron chi connectivity index (χ1n) is 12.0. The molecule has 1 atom stereocenters.